The van der Waals surface area contributed by atoms with Crippen molar-refractivity contribution < 1.29 is 13.2 Å². The van der Waals surface area contributed by atoms with Crippen molar-refractivity contribution in [2.45, 2.75) is 25.8 Å². The third-order valence-corrected chi connectivity index (χ3v) is 4.55. The van der Waals surface area contributed by atoms with Gasteiger partial charge < -0.3 is 4.57 Å². The van der Waals surface area contributed by atoms with Crippen LogP contribution in [0.5, 0.6) is 0 Å². The monoisotopic (exact) mass is 384 g/mol. The zero-order valence-electron chi connectivity index (χ0n) is 15.6. The predicted octanol–water partition coefficient (Wildman–Crippen LogP) is 5.74. The summed E-state index contributed by atoms with van der Waals surface area (Å²) in [6.07, 6.45) is -0.556. The van der Waals surface area contributed by atoms with Gasteiger partial charge >= 0.3 is 6.18 Å². The summed E-state index contributed by atoms with van der Waals surface area (Å²) in [7, 11) is 0. The fraction of sp³-hybridized carbons (Fsp3) is 0.217. The molecular weight excluding hydrogens is 361 g/mol. The van der Waals surface area contributed by atoms with Crippen molar-refractivity contribution in [2.24, 2.45) is 0 Å². The van der Waals surface area contributed by atoms with Gasteiger partial charge in [0.2, 0.25) is 0 Å². The summed E-state index contributed by atoms with van der Waals surface area (Å²) in [6, 6.07) is 19.6. The molecular formula is C23H23F3N2. The Kier molecular flexibility index (Phi) is 6.37. The lowest BCUT2D eigenvalue weighted by Crippen LogP contribution is -2.24. The van der Waals surface area contributed by atoms with E-state index in [1.54, 1.807) is 6.07 Å². The SMILES string of the molecule is C=CCN(Cc1ccccc1)Cc1cccn1Cc1cccc(C(F)(F)F)c1. The van der Waals surface area contributed by atoms with Crippen molar-refractivity contribution in [1.29, 1.82) is 0 Å². The third-order valence-electron chi connectivity index (χ3n) is 4.55. The van der Waals surface area contributed by atoms with Crippen molar-refractivity contribution in [2.75, 3.05) is 6.54 Å². The Morgan fingerprint density at radius 1 is 0.893 bits per heavy atom. The molecule has 1 heterocycles. The van der Waals surface area contributed by atoms with Crippen molar-refractivity contribution in [1.82, 2.24) is 9.47 Å². The molecule has 3 rings (SSSR count). The fourth-order valence-electron chi connectivity index (χ4n) is 3.23. The van der Waals surface area contributed by atoms with Crippen molar-refractivity contribution in [3.8, 4) is 0 Å². The number of benzene rings is 2. The van der Waals surface area contributed by atoms with Gasteiger partial charge in [0.1, 0.15) is 0 Å². The minimum atomic E-state index is -4.33. The van der Waals surface area contributed by atoms with Gasteiger partial charge in [-0.1, -0.05) is 48.5 Å². The summed E-state index contributed by atoms with van der Waals surface area (Å²) < 4.78 is 40.9. The summed E-state index contributed by atoms with van der Waals surface area (Å²) in [5.41, 5.74) is 2.28. The first kappa shape index (κ1) is 20.0. The highest BCUT2D eigenvalue weighted by Gasteiger charge is 2.30. The number of hydrogen-bond acceptors (Lipinski definition) is 1. The van der Waals surface area contributed by atoms with Crippen molar-refractivity contribution >= 4 is 0 Å². The Morgan fingerprint density at radius 3 is 2.36 bits per heavy atom. The molecule has 0 fully saturated rings. The molecule has 0 aliphatic carbocycles. The standard InChI is InChI=1S/C23H23F3N2/c1-2-13-27(16-19-8-4-3-5-9-19)18-22-12-7-14-28(22)17-20-10-6-11-21(15-20)23(24,25)26/h2-12,14-15H,1,13,16-18H2. The lowest BCUT2D eigenvalue weighted by atomic mass is 10.1. The second-order valence-corrected chi connectivity index (χ2v) is 6.77. The van der Waals surface area contributed by atoms with Crippen LogP contribution in [0.2, 0.25) is 0 Å². The van der Waals surface area contributed by atoms with E-state index in [0.717, 1.165) is 24.8 Å². The molecule has 146 valence electrons. The number of hydrogen-bond donors (Lipinski definition) is 0. The molecule has 0 aliphatic heterocycles. The molecule has 0 amide bonds. The van der Waals surface area contributed by atoms with Crippen molar-refractivity contribution in [3.63, 3.8) is 0 Å². The third kappa shape index (κ3) is 5.36. The van der Waals surface area contributed by atoms with Gasteiger partial charge in [0.15, 0.2) is 0 Å². The van der Waals surface area contributed by atoms with Crippen LogP contribution in [0, 0.1) is 0 Å². The number of aromatic nitrogens is 1. The quantitative estimate of drug-likeness (QED) is 0.450. The Hall–Kier alpha value is -2.79. The van der Waals surface area contributed by atoms with Gasteiger partial charge in [0, 0.05) is 38.1 Å². The van der Waals surface area contributed by atoms with E-state index in [-0.39, 0.29) is 0 Å². The van der Waals surface area contributed by atoms with Gasteiger partial charge in [-0.2, -0.15) is 13.2 Å². The topological polar surface area (TPSA) is 8.17 Å². The maximum absolute atomic E-state index is 13.0. The first-order chi connectivity index (χ1) is 13.5. The van der Waals surface area contributed by atoms with Crippen LogP contribution in [0.25, 0.3) is 0 Å². The molecule has 0 atom stereocenters. The van der Waals surface area contributed by atoms with Crippen LogP contribution in [0.4, 0.5) is 13.2 Å². The maximum atomic E-state index is 13.0. The first-order valence-electron chi connectivity index (χ1n) is 9.13. The van der Waals surface area contributed by atoms with Gasteiger partial charge in [0.25, 0.3) is 0 Å². The van der Waals surface area contributed by atoms with Gasteiger partial charge in [0.05, 0.1) is 5.56 Å². The Morgan fingerprint density at radius 2 is 1.64 bits per heavy atom. The molecule has 3 aromatic rings. The maximum Gasteiger partial charge on any atom is 0.416 e. The van der Waals surface area contributed by atoms with Crippen LogP contribution in [0.15, 0.2) is 85.6 Å². The summed E-state index contributed by atoms with van der Waals surface area (Å²) in [6.45, 7) is 6.43. The van der Waals surface area contributed by atoms with E-state index in [9.17, 15) is 13.2 Å². The van der Waals surface area contributed by atoms with Gasteiger partial charge in [-0.05, 0) is 35.4 Å². The average Bonchev–Trinajstić information content (AvgIpc) is 3.09. The minimum Gasteiger partial charge on any atom is -0.346 e. The Labute approximate surface area is 163 Å². The molecule has 2 nitrogen and oxygen atoms in total. The van der Waals surface area contributed by atoms with Gasteiger partial charge in [-0.3, -0.25) is 4.90 Å². The minimum absolute atomic E-state index is 0.402. The van der Waals surface area contributed by atoms with Crippen LogP contribution >= 0.6 is 0 Å². The van der Waals surface area contributed by atoms with E-state index in [1.807, 2.05) is 47.2 Å². The van der Waals surface area contributed by atoms with E-state index in [2.05, 4.69) is 23.6 Å². The van der Waals surface area contributed by atoms with Crippen LogP contribution in [-0.2, 0) is 25.8 Å². The van der Waals surface area contributed by atoms with E-state index < -0.39 is 11.7 Å². The number of rotatable bonds is 8. The van der Waals surface area contributed by atoms with Crippen LogP contribution in [0.3, 0.4) is 0 Å². The van der Waals surface area contributed by atoms with E-state index in [1.165, 1.54) is 17.7 Å². The van der Waals surface area contributed by atoms with Crippen LogP contribution in [-0.4, -0.2) is 16.0 Å². The predicted molar refractivity (Wildman–Crippen MR) is 106 cm³/mol. The second kappa shape index (κ2) is 8.93. The van der Waals surface area contributed by atoms with Crippen LogP contribution < -0.4 is 0 Å². The first-order valence-corrected chi connectivity index (χ1v) is 9.13. The van der Waals surface area contributed by atoms with Crippen molar-refractivity contribution in [3.05, 3.63) is 108 Å². The fourth-order valence-corrected chi connectivity index (χ4v) is 3.23. The molecule has 1 aromatic heterocycles. The number of halogens is 3. The zero-order valence-corrected chi connectivity index (χ0v) is 15.6. The molecule has 0 spiro atoms. The highest BCUT2D eigenvalue weighted by atomic mass is 19.4. The normalized spacial score (nSPS) is 11.7. The highest BCUT2D eigenvalue weighted by Crippen LogP contribution is 2.29. The molecule has 0 saturated carbocycles. The van der Waals surface area contributed by atoms with Gasteiger partial charge in [-0.15, -0.1) is 6.58 Å². The van der Waals surface area contributed by atoms with Crippen LogP contribution in [0.1, 0.15) is 22.4 Å². The molecule has 0 bridgehead atoms. The summed E-state index contributed by atoms with van der Waals surface area (Å²) in [5.74, 6) is 0. The largest absolute Gasteiger partial charge is 0.416 e. The number of alkyl halides is 3. The molecule has 28 heavy (non-hydrogen) atoms. The highest BCUT2D eigenvalue weighted by molar-refractivity contribution is 5.26. The molecule has 0 radical (unpaired) electrons. The lowest BCUT2D eigenvalue weighted by Gasteiger charge is -2.22. The Bertz CT molecular complexity index is 897. The summed E-state index contributed by atoms with van der Waals surface area (Å²) >= 11 is 0. The molecule has 0 aliphatic rings. The van der Waals surface area contributed by atoms with E-state index >= 15 is 0 Å². The van der Waals surface area contributed by atoms with Gasteiger partial charge in [-0.25, -0.2) is 0 Å². The number of nitrogens with zero attached hydrogens (tertiary/aromatic N) is 2. The van der Waals surface area contributed by atoms with E-state index in [0.29, 0.717) is 18.7 Å². The lowest BCUT2D eigenvalue weighted by molar-refractivity contribution is -0.137. The molecule has 0 saturated heterocycles. The molecule has 0 unspecified atom stereocenters. The Balaban J connectivity index is 1.74. The average molecular weight is 384 g/mol. The molecule has 0 N–H and O–H groups in total. The molecule has 5 heteroatoms. The summed E-state index contributed by atoms with van der Waals surface area (Å²) in [5, 5.41) is 0. The van der Waals surface area contributed by atoms with E-state index in [4.69, 9.17) is 0 Å². The smallest absolute Gasteiger partial charge is 0.346 e. The zero-order chi connectivity index (χ0) is 20.0. The molecule has 2 aromatic carbocycles. The summed E-state index contributed by atoms with van der Waals surface area (Å²) in [4.78, 5) is 2.25. The second-order valence-electron chi connectivity index (χ2n) is 6.77.